The highest BCUT2D eigenvalue weighted by atomic mass is 16.5. The van der Waals surface area contributed by atoms with Gasteiger partial charge in [0.2, 0.25) is 0 Å². The van der Waals surface area contributed by atoms with Crippen molar-refractivity contribution in [2.24, 2.45) is 0 Å². The van der Waals surface area contributed by atoms with Crippen LogP contribution in [-0.4, -0.2) is 24.8 Å². The van der Waals surface area contributed by atoms with Gasteiger partial charge in [0.1, 0.15) is 0 Å². The number of hydrogen-bond acceptors (Lipinski definition) is 2. The average molecular weight is 155 g/mol. The maximum Gasteiger partial charge on any atom is 0.0732 e. The minimum Gasteiger partial charge on any atom is -0.372 e. The summed E-state index contributed by atoms with van der Waals surface area (Å²) in [6, 6.07) is 0.667. The lowest BCUT2D eigenvalue weighted by molar-refractivity contribution is -0.0691. The molecule has 2 heteroatoms. The molecule has 0 unspecified atom stereocenters. The third-order valence-corrected chi connectivity index (χ3v) is 2.78. The number of ether oxygens (including phenoxy) is 1. The van der Waals surface area contributed by atoms with Gasteiger partial charge in [-0.2, -0.15) is 0 Å². The summed E-state index contributed by atoms with van der Waals surface area (Å²) in [5.41, 5.74) is 0. The number of rotatable bonds is 0. The molecule has 1 heterocycles. The molecule has 11 heavy (non-hydrogen) atoms. The molecule has 1 saturated carbocycles. The van der Waals surface area contributed by atoms with E-state index in [2.05, 4.69) is 12.2 Å². The van der Waals surface area contributed by atoms with Crippen LogP contribution in [0.2, 0.25) is 0 Å². The van der Waals surface area contributed by atoms with Gasteiger partial charge >= 0.3 is 0 Å². The largest absolute Gasteiger partial charge is 0.372 e. The maximum atomic E-state index is 5.83. The first-order chi connectivity index (χ1) is 5.36. The standard InChI is InChI=1S/C9H17NO/c1-7-6-10-8-4-2-3-5-9(8)11-7/h7-10H,2-6H2,1H3/t7-,8-,9+/m1/s1. The van der Waals surface area contributed by atoms with Crippen molar-refractivity contribution >= 4 is 0 Å². The van der Waals surface area contributed by atoms with Crippen molar-refractivity contribution in [2.45, 2.75) is 50.9 Å². The van der Waals surface area contributed by atoms with Crippen molar-refractivity contribution in [3.63, 3.8) is 0 Å². The first-order valence-corrected chi connectivity index (χ1v) is 4.75. The Morgan fingerprint density at radius 3 is 3.00 bits per heavy atom. The zero-order valence-corrected chi connectivity index (χ0v) is 7.18. The molecule has 3 atom stereocenters. The van der Waals surface area contributed by atoms with Gasteiger partial charge in [-0.3, -0.25) is 0 Å². The fourth-order valence-electron chi connectivity index (χ4n) is 2.16. The average Bonchev–Trinajstić information content (AvgIpc) is 2.04. The van der Waals surface area contributed by atoms with Crippen molar-refractivity contribution < 1.29 is 4.74 Å². The van der Waals surface area contributed by atoms with Crippen LogP contribution in [0.5, 0.6) is 0 Å². The van der Waals surface area contributed by atoms with E-state index in [1.807, 2.05) is 0 Å². The van der Waals surface area contributed by atoms with E-state index in [9.17, 15) is 0 Å². The predicted octanol–water partition coefficient (Wildman–Crippen LogP) is 1.31. The van der Waals surface area contributed by atoms with Gasteiger partial charge in [-0.1, -0.05) is 12.8 Å². The van der Waals surface area contributed by atoms with E-state index >= 15 is 0 Å². The van der Waals surface area contributed by atoms with E-state index in [4.69, 9.17) is 4.74 Å². The second-order valence-corrected chi connectivity index (χ2v) is 3.78. The number of morpholine rings is 1. The molecule has 64 valence electrons. The zero-order chi connectivity index (χ0) is 7.68. The first-order valence-electron chi connectivity index (χ1n) is 4.75. The van der Waals surface area contributed by atoms with Gasteiger partial charge in [0.05, 0.1) is 12.2 Å². The Morgan fingerprint density at radius 1 is 1.27 bits per heavy atom. The van der Waals surface area contributed by atoms with Crippen LogP contribution in [0.15, 0.2) is 0 Å². The molecular formula is C9H17NO. The van der Waals surface area contributed by atoms with E-state index < -0.39 is 0 Å². The Kier molecular flexibility index (Phi) is 2.14. The highest BCUT2D eigenvalue weighted by Gasteiger charge is 2.30. The fourth-order valence-corrected chi connectivity index (χ4v) is 2.16. The SMILES string of the molecule is C[C@@H]1CN[C@@H]2CCCC[C@@H]2O1. The highest BCUT2D eigenvalue weighted by Crippen LogP contribution is 2.24. The van der Waals surface area contributed by atoms with E-state index in [1.54, 1.807) is 0 Å². The van der Waals surface area contributed by atoms with Gasteiger partial charge in [-0.05, 0) is 19.8 Å². The lowest BCUT2D eigenvalue weighted by atomic mass is 9.91. The lowest BCUT2D eigenvalue weighted by Gasteiger charge is -2.39. The van der Waals surface area contributed by atoms with Gasteiger partial charge in [0.25, 0.3) is 0 Å². The summed E-state index contributed by atoms with van der Waals surface area (Å²) in [4.78, 5) is 0. The Balaban J connectivity index is 1.93. The lowest BCUT2D eigenvalue weighted by Crippen LogP contribution is -2.52. The molecule has 1 aliphatic heterocycles. The summed E-state index contributed by atoms with van der Waals surface area (Å²) in [7, 11) is 0. The molecule has 0 aromatic carbocycles. The van der Waals surface area contributed by atoms with Gasteiger partial charge in [0, 0.05) is 12.6 Å². The van der Waals surface area contributed by atoms with Gasteiger partial charge < -0.3 is 10.1 Å². The Labute approximate surface area is 68.3 Å². The summed E-state index contributed by atoms with van der Waals surface area (Å²) >= 11 is 0. The molecular weight excluding hydrogens is 138 g/mol. The molecule has 1 saturated heterocycles. The van der Waals surface area contributed by atoms with Crippen LogP contribution in [0.3, 0.4) is 0 Å². The van der Waals surface area contributed by atoms with Crippen LogP contribution in [-0.2, 0) is 4.74 Å². The number of fused-ring (bicyclic) bond motifs is 1. The topological polar surface area (TPSA) is 21.3 Å². The summed E-state index contributed by atoms with van der Waals surface area (Å²) < 4.78 is 5.83. The van der Waals surface area contributed by atoms with Crippen molar-refractivity contribution in [1.29, 1.82) is 0 Å². The molecule has 2 fully saturated rings. The predicted molar refractivity (Wildman–Crippen MR) is 44.6 cm³/mol. The van der Waals surface area contributed by atoms with Crippen molar-refractivity contribution in [2.75, 3.05) is 6.54 Å². The summed E-state index contributed by atoms with van der Waals surface area (Å²) in [6.45, 7) is 3.19. The highest BCUT2D eigenvalue weighted by molar-refractivity contribution is 4.86. The quantitative estimate of drug-likeness (QED) is 0.569. The number of nitrogens with one attached hydrogen (secondary N) is 1. The van der Waals surface area contributed by atoms with E-state index in [0.29, 0.717) is 18.2 Å². The van der Waals surface area contributed by atoms with Gasteiger partial charge in [0.15, 0.2) is 0 Å². The van der Waals surface area contributed by atoms with Crippen LogP contribution in [0.1, 0.15) is 32.6 Å². The summed E-state index contributed by atoms with van der Waals surface area (Å²) in [5.74, 6) is 0. The van der Waals surface area contributed by atoms with Crippen LogP contribution in [0.4, 0.5) is 0 Å². The Bertz CT molecular complexity index is 138. The second kappa shape index (κ2) is 3.11. The summed E-state index contributed by atoms with van der Waals surface area (Å²) in [6.07, 6.45) is 6.27. The van der Waals surface area contributed by atoms with E-state index in [1.165, 1.54) is 25.7 Å². The molecule has 0 aromatic rings. The maximum absolute atomic E-state index is 5.83. The van der Waals surface area contributed by atoms with Crippen LogP contribution in [0.25, 0.3) is 0 Å². The fraction of sp³-hybridized carbons (Fsp3) is 1.00. The van der Waals surface area contributed by atoms with Gasteiger partial charge in [-0.25, -0.2) is 0 Å². The van der Waals surface area contributed by atoms with Gasteiger partial charge in [-0.15, -0.1) is 0 Å². The van der Waals surface area contributed by atoms with Crippen LogP contribution in [0, 0.1) is 0 Å². The van der Waals surface area contributed by atoms with Crippen molar-refractivity contribution in [1.82, 2.24) is 5.32 Å². The minimum atomic E-state index is 0.425. The van der Waals surface area contributed by atoms with E-state index in [-0.39, 0.29) is 0 Å². The zero-order valence-electron chi connectivity index (χ0n) is 7.18. The molecule has 2 nitrogen and oxygen atoms in total. The molecule has 0 amide bonds. The molecule has 0 bridgehead atoms. The normalized spacial score (nSPS) is 45.0. The van der Waals surface area contributed by atoms with Crippen molar-refractivity contribution in [3.05, 3.63) is 0 Å². The molecule has 0 aromatic heterocycles. The van der Waals surface area contributed by atoms with Crippen LogP contribution >= 0.6 is 0 Å². The molecule has 0 spiro atoms. The van der Waals surface area contributed by atoms with Crippen LogP contribution < -0.4 is 5.32 Å². The molecule has 1 aliphatic carbocycles. The minimum absolute atomic E-state index is 0.425. The monoisotopic (exact) mass is 155 g/mol. The van der Waals surface area contributed by atoms with E-state index in [0.717, 1.165) is 6.54 Å². The molecule has 2 aliphatic rings. The molecule has 2 rings (SSSR count). The first kappa shape index (κ1) is 7.56. The summed E-state index contributed by atoms with van der Waals surface area (Å²) in [5, 5.41) is 3.55. The number of hydrogen-bond donors (Lipinski definition) is 1. The Morgan fingerprint density at radius 2 is 2.09 bits per heavy atom. The molecule has 0 radical (unpaired) electrons. The third-order valence-electron chi connectivity index (χ3n) is 2.78. The molecule has 1 N–H and O–H groups in total. The second-order valence-electron chi connectivity index (χ2n) is 3.78. The third kappa shape index (κ3) is 1.57. The van der Waals surface area contributed by atoms with Crippen molar-refractivity contribution in [3.8, 4) is 0 Å². The Hall–Kier alpha value is -0.0800. The smallest absolute Gasteiger partial charge is 0.0732 e.